The Bertz CT molecular complexity index is 563. The molecule has 0 saturated heterocycles. The molecular weight excluding hydrogens is 306 g/mol. The van der Waals surface area contributed by atoms with Gasteiger partial charge in [0.1, 0.15) is 11.4 Å². The lowest BCUT2D eigenvalue weighted by Crippen LogP contribution is -2.33. The van der Waals surface area contributed by atoms with E-state index in [4.69, 9.17) is 9.47 Å². The zero-order valence-corrected chi connectivity index (χ0v) is 14.8. The average molecular weight is 333 g/mol. The highest BCUT2D eigenvalue weighted by Gasteiger charge is 2.15. The molecule has 2 N–H and O–H groups in total. The Balaban J connectivity index is 0.000000300. The van der Waals surface area contributed by atoms with Gasteiger partial charge >= 0.3 is 6.09 Å². The summed E-state index contributed by atoms with van der Waals surface area (Å²) >= 11 is 0. The second-order valence-corrected chi connectivity index (χ2v) is 6.13. The molecule has 0 bridgehead atoms. The van der Waals surface area contributed by atoms with Crippen LogP contribution >= 0.6 is 0 Å². The van der Waals surface area contributed by atoms with Crippen molar-refractivity contribution >= 4 is 6.09 Å². The predicted octanol–water partition coefficient (Wildman–Crippen LogP) is 3.56. The minimum atomic E-state index is -0.437. The Kier molecular flexibility index (Phi) is 8.39. The highest BCUT2D eigenvalue weighted by atomic mass is 16.6. The number of para-hydroxylation sites is 1. The molecule has 0 aliphatic heterocycles. The highest BCUT2D eigenvalue weighted by molar-refractivity contribution is 5.67. The summed E-state index contributed by atoms with van der Waals surface area (Å²) in [7, 11) is 1.66. The van der Waals surface area contributed by atoms with Crippen LogP contribution in [0.2, 0.25) is 0 Å². The second kappa shape index (κ2) is 10.3. The van der Waals surface area contributed by atoms with E-state index in [2.05, 4.69) is 15.3 Å². The highest BCUT2D eigenvalue weighted by Crippen LogP contribution is 2.06. The number of benzene rings is 1. The average Bonchev–Trinajstić information content (AvgIpc) is 3.05. The molecule has 0 radical (unpaired) electrons. The number of carbonyl (C=O) groups excluding carboxylic acids is 1. The van der Waals surface area contributed by atoms with Crippen molar-refractivity contribution in [3.8, 4) is 5.75 Å². The van der Waals surface area contributed by atoms with Crippen molar-refractivity contribution in [3.05, 3.63) is 48.5 Å². The molecule has 6 nitrogen and oxygen atoms in total. The van der Waals surface area contributed by atoms with Crippen LogP contribution in [0.4, 0.5) is 4.79 Å². The molecule has 1 amide bonds. The van der Waals surface area contributed by atoms with Gasteiger partial charge in [0.05, 0.1) is 13.4 Å². The normalized spacial score (nSPS) is 10.3. The van der Waals surface area contributed by atoms with Gasteiger partial charge in [0, 0.05) is 18.4 Å². The van der Waals surface area contributed by atoms with Crippen molar-refractivity contribution in [2.45, 2.75) is 39.2 Å². The van der Waals surface area contributed by atoms with Crippen LogP contribution < -0.4 is 10.1 Å². The molecule has 1 heterocycles. The number of amides is 1. The maximum Gasteiger partial charge on any atom is 0.407 e. The van der Waals surface area contributed by atoms with Crippen LogP contribution in [0.3, 0.4) is 0 Å². The first kappa shape index (κ1) is 19.5. The quantitative estimate of drug-likeness (QED) is 0.820. The van der Waals surface area contributed by atoms with E-state index in [1.165, 1.54) is 0 Å². The molecular formula is C18H27N3O3. The molecule has 0 aliphatic rings. The largest absolute Gasteiger partial charge is 0.497 e. The number of methoxy groups -OCH3 is 1. The van der Waals surface area contributed by atoms with Gasteiger partial charge in [0.2, 0.25) is 0 Å². The molecule has 0 saturated carbocycles. The van der Waals surface area contributed by atoms with Gasteiger partial charge < -0.3 is 19.8 Å². The topological polar surface area (TPSA) is 76.2 Å². The summed E-state index contributed by atoms with van der Waals surface area (Å²) in [5, 5.41) is 2.71. The number of rotatable bonds is 5. The molecule has 6 heteroatoms. The Hall–Kier alpha value is -2.50. The minimum Gasteiger partial charge on any atom is -0.497 e. The minimum absolute atomic E-state index is 0.364. The molecule has 1 aromatic carbocycles. The fourth-order valence-corrected chi connectivity index (χ4v) is 1.76. The smallest absolute Gasteiger partial charge is 0.407 e. The van der Waals surface area contributed by atoms with E-state index in [0.29, 0.717) is 6.54 Å². The van der Waals surface area contributed by atoms with Crippen molar-refractivity contribution in [3.63, 3.8) is 0 Å². The van der Waals surface area contributed by atoms with E-state index in [1.54, 1.807) is 19.6 Å². The Morgan fingerprint density at radius 3 is 2.46 bits per heavy atom. The number of aryl methyl sites for hydroxylation is 1. The van der Waals surface area contributed by atoms with Crippen molar-refractivity contribution in [1.29, 1.82) is 0 Å². The van der Waals surface area contributed by atoms with Crippen molar-refractivity contribution in [2.75, 3.05) is 13.7 Å². The van der Waals surface area contributed by atoms with Crippen LogP contribution in [-0.2, 0) is 11.2 Å². The lowest BCUT2D eigenvalue weighted by Gasteiger charge is -2.19. The lowest BCUT2D eigenvalue weighted by atomic mass is 10.2. The predicted molar refractivity (Wildman–Crippen MR) is 94.1 cm³/mol. The van der Waals surface area contributed by atoms with Crippen LogP contribution in [0.5, 0.6) is 5.75 Å². The van der Waals surface area contributed by atoms with Gasteiger partial charge in [-0.05, 0) is 45.7 Å². The third-order valence-corrected chi connectivity index (χ3v) is 2.82. The number of imidazole rings is 1. The Morgan fingerprint density at radius 2 is 1.96 bits per heavy atom. The maximum absolute atomic E-state index is 11.3. The number of hydrogen-bond acceptors (Lipinski definition) is 4. The maximum atomic E-state index is 11.3. The monoisotopic (exact) mass is 333 g/mol. The molecule has 1 aromatic heterocycles. The number of alkyl carbamates (subject to hydrolysis) is 1. The van der Waals surface area contributed by atoms with Gasteiger partial charge in [-0.15, -0.1) is 0 Å². The van der Waals surface area contributed by atoms with Gasteiger partial charge in [-0.2, -0.15) is 0 Å². The summed E-state index contributed by atoms with van der Waals surface area (Å²) in [5.41, 5.74) is 0.638. The zero-order valence-electron chi connectivity index (χ0n) is 14.8. The summed E-state index contributed by atoms with van der Waals surface area (Å²) in [5.74, 6) is 0.910. The third-order valence-electron chi connectivity index (χ3n) is 2.82. The fourth-order valence-electron chi connectivity index (χ4n) is 1.76. The van der Waals surface area contributed by atoms with E-state index < -0.39 is 5.60 Å². The van der Waals surface area contributed by atoms with E-state index in [9.17, 15) is 4.79 Å². The summed E-state index contributed by atoms with van der Waals surface area (Å²) in [6.45, 7) is 6.14. The number of H-pyrrole nitrogens is 1. The van der Waals surface area contributed by atoms with Crippen LogP contribution in [0.15, 0.2) is 42.9 Å². The third kappa shape index (κ3) is 9.50. The molecule has 132 valence electrons. The first-order chi connectivity index (χ1) is 11.4. The number of ether oxygens (including phenoxy) is 2. The summed E-state index contributed by atoms with van der Waals surface area (Å²) in [6, 6.07) is 9.68. The Labute approximate surface area is 143 Å². The SMILES string of the molecule is CC(C)(C)OC(=O)NCCCc1cnc[nH]1.COc1ccccc1. The zero-order chi connectivity index (χ0) is 17.8. The lowest BCUT2D eigenvalue weighted by molar-refractivity contribution is 0.0527. The van der Waals surface area contributed by atoms with Crippen LogP contribution in [0, 0.1) is 0 Å². The number of hydrogen-bond donors (Lipinski definition) is 2. The summed E-state index contributed by atoms with van der Waals surface area (Å²) in [6.07, 6.45) is 4.80. The van der Waals surface area contributed by atoms with Crippen molar-refractivity contribution < 1.29 is 14.3 Å². The van der Waals surface area contributed by atoms with E-state index in [1.807, 2.05) is 51.1 Å². The van der Waals surface area contributed by atoms with Crippen LogP contribution in [0.1, 0.15) is 32.9 Å². The molecule has 0 spiro atoms. The van der Waals surface area contributed by atoms with E-state index >= 15 is 0 Å². The first-order valence-electron chi connectivity index (χ1n) is 7.94. The van der Waals surface area contributed by atoms with E-state index in [0.717, 1.165) is 24.3 Å². The summed E-state index contributed by atoms with van der Waals surface area (Å²) in [4.78, 5) is 18.2. The van der Waals surface area contributed by atoms with E-state index in [-0.39, 0.29) is 6.09 Å². The van der Waals surface area contributed by atoms with Gasteiger partial charge in [-0.25, -0.2) is 9.78 Å². The van der Waals surface area contributed by atoms with Gasteiger partial charge in [-0.1, -0.05) is 18.2 Å². The van der Waals surface area contributed by atoms with Crippen molar-refractivity contribution in [1.82, 2.24) is 15.3 Å². The molecule has 24 heavy (non-hydrogen) atoms. The number of aromatic nitrogens is 2. The number of nitrogens with one attached hydrogen (secondary N) is 2. The van der Waals surface area contributed by atoms with Crippen molar-refractivity contribution in [2.24, 2.45) is 0 Å². The number of aromatic amines is 1. The molecule has 0 fully saturated rings. The van der Waals surface area contributed by atoms with Gasteiger partial charge in [-0.3, -0.25) is 0 Å². The Morgan fingerprint density at radius 1 is 1.25 bits per heavy atom. The standard InChI is InChI=1S/C11H19N3O2.C7H8O/c1-11(2,3)16-10(15)13-6-4-5-9-7-12-8-14-9;1-8-7-5-3-2-4-6-7/h7-8H,4-6H2,1-3H3,(H,12,14)(H,13,15);2-6H,1H3. The van der Waals surface area contributed by atoms with Crippen LogP contribution in [0.25, 0.3) is 0 Å². The van der Waals surface area contributed by atoms with Gasteiger partial charge in [0.15, 0.2) is 0 Å². The molecule has 2 rings (SSSR count). The molecule has 2 aromatic rings. The fraction of sp³-hybridized carbons (Fsp3) is 0.444. The second-order valence-electron chi connectivity index (χ2n) is 6.13. The van der Waals surface area contributed by atoms with Gasteiger partial charge in [0.25, 0.3) is 0 Å². The molecule has 0 atom stereocenters. The summed E-state index contributed by atoms with van der Waals surface area (Å²) < 4.78 is 10.0. The number of carbonyl (C=O) groups is 1. The molecule has 0 unspecified atom stereocenters. The molecule has 0 aliphatic carbocycles. The van der Waals surface area contributed by atoms with Crippen LogP contribution in [-0.4, -0.2) is 35.3 Å². The first-order valence-corrected chi connectivity index (χ1v) is 7.94. The number of nitrogens with zero attached hydrogens (tertiary/aromatic N) is 1.